The molecule has 0 aliphatic carbocycles. The average Bonchev–Trinajstić information content (AvgIpc) is 2.94. The van der Waals surface area contributed by atoms with Crippen LogP contribution in [0, 0.1) is 18.8 Å². The molecule has 114 valence electrons. The van der Waals surface area contributed by atoms with Crippen molar-refractivity contribution >= 4 is 10.0 Å². The van der Waals surface area contributed by atoms with Crippen molar-refractivity contribution in [3.8, 4) is 11.8 Å². The van der Waals surface area contributed by atoms with Crippen LogP contribution in [0.4, 0.5) is 0 Å². The maximum atomic E-state index is 12.8. The first-order chi connectivity index (χ1) is 10.0. The molecule has 1 aliphatic rings. The van der Waals surface area contributed by atoms with E-state index in [0.717, 1.165) is 12.0 Å². The minimum absolute atomic E-state index is 0.158. The van der Waals surface area contributed by atoms with Crippen molar-refractivity contribution in [1.29, 1.82) is 0 Å². The third-order valence-electron chi connectivity index (χ3n) is 3.58. The molecule has 5 nitrogen and oxygen atoms in total. The van der Waals surface area contributed by atoms with Crippen LogP contribution in [0.3, 0.4) is 0 Å². The molecule has 3 N–H and O–H groups in total. The average molecular weight is 308 g/mol. The van der Waals surface area contributed by atoms with Gasteiger partial charge in [-0.1, -0.05) is 17.9 Å². The van der Waals surface area contributed by atoms with Crippen LogP contribution >= 0.6 is 0 Å². The van der Waals surface area contributed by atoms with Gasteiger partial charge < -0.3 is 10.8 Å². The van der Waals surface area contributed by atoms with Gasteiger partial charge in [-0.15, -0.1) is 0 Å². The standard InChI is InChI=1S/C15H20N2O3S/c1-12-6-7-15(13(10-12)4-2-8-16)21(19,20)17-9-3-5-14(17)11-18/h6-7,10,14,18H,3,5,8-9,11,16H2,1H3. The van der Waals surface area contributed by atoms with Crippen molar-refractivity contribution in [2.24, 2.45) is 5.73 Å². The largest absolute Gasteiger partial charge is 0.395 e. The molecule has 1 aliphatic heterocycles. The van der Waals surface area contributed by atoms with Crippen LogP contribution in [0.5, 0.6) is 0 Å². The molecule has 6 heteroatoms. The van der Waals surface area contributed by atoms with E-state index in [2.05, 4.69) is 11.8 Å². The summed E-state index contributed by atoms with van der Waals surface area (Å²) >= 11 is 0. The van der Waals surface area contributed by atoms with Crippen LogP contribution in [0.1, 0.15) is 24.0 Å². The maximum Gasteiger partial charge on any atom is 0.244 e. The van der Waals surface area contributed by atoms with Crippen LogP contribution < -0.4 is 5.73 Å². The summed E-state index contributed by atoms with van der Waals surface area (Å²) in [5.41, 5.74) is 6.77. The lowest BCUT2D eigenvalue weighted by Gasteiger charge is -2.23. The van der Waals surface area contributed by atoms with Crippen molar-refractivity contribution in [2.45, 2.75) is 30.7 Å². The van der Waals surface area contributed by atoms with Crippen molar-refractivity contribution in [2.75, 3.05) is 19.7 Å². The van der Waals surface area contributed by atoms with Gasteiger partial charge in [0.1, 0.15) is 0 Å². The van der Waals surface area contributed by atoms with Gasteiger partial charge in [0.05, 0.1) is 18.0 Å². The molecule has 1 unspecified atom stereocenters. The van der Waals surface area contributed by atoms with E-state index in [0.29, 0.717) is 18.5 Å². The maximum absolute atomic E-state index is 12.8. The predicted molar refractivity (Wildman–Crippen MR) is 81.1 cm³/mol. The second-order valence-electron chi connectivity index (χ2n) is 5.10. The van der Waals surface area contributed by atoms with Crippen molar-refractivity contribution in [3.63, 3.8) is 0 Å². The first kappa shape index (κ1) is 16.0. The molecule has 1 atom stereocenters. The summed E-state index contributed by atoms with van der Waals surface area (Å²) in [6.45, 7) is 2.34. The van der Waals surface area contributed by atoms with E-state index >= 15 is 0 Å². The summed E-state index contributed by atoms with van der Waals surface area (Å²) in [5.74, 6) is 5.54. The lowest BCUT2D eigenvalue weighted by atomic mass is 10.1. The minimum Gasteiger partial charge on any atom is -0.395 e. The zero-order chi connectivity index (χ0) is 15.5. The molecule has 0 saturated carbocycles. The molecular formula is C15H20N2O3S. The first-order valence-corrected chi connectivity index (χ1v) is 8.37. The second-order valence-corrected chi connectivity index (χ2v) is 6.96. The number of nitrogens with two attached hydrogens (primary N) is 1. The highest BCUT2D eigenvalue weighted by molar-refractivity contribution is 7.89. The Kier molecular flexibility index (Phi) is 5.01. The highest BCUT2D eigenvalue weighted by Crippen LogP contribution is 2.28. The van der Waals surface area contributed by atoms with Crippen LogP contribution in [-0.2, 0) is 10.0 Å². The van der Waals surface area contributed by atoms with Gasteiger partial charge in [-0.25, -0.2) is 8.42 Å². The number of hydrogen-bond donors (Lipinski definition) is 2. The molecule has 21 heavy (non-hydrogen) atoms. The zero-order valence-corrected chi connectivity index (χ0v) is 12.9. The minimum atomic E-state index is -3.65. The van der Waals surface area contributed by atoms with E-state index < -0.39 is 10.0 Å². The van der Waals surface area contributed by atoms with Crippen LogP contribution in [-0.4, -0.2) is 43.6 Å². The van der Waals surface area contributed by atoms with Crippen LogP contribution in [0.25, 0.3) is 0 Å². The van der Waals surface area contributed by atoms with Crippen LogP contribution in [0.15, 0.2) is 23.1 Å². The Morgan fingerprint density at radius 1 is 1.48 bits per heavy atom. The Morgan fingerprint density at radius 3 is 2.90 bits per heavy atom. The smallest absolute Gasteiger partial charge is 0.244 e. The summed E-state index contributed by atoms with van der Waals surface area (Å²) in [6, 6.07) is 4.74. The number of benzene rings is 1. The highest BCUT2D eigenvalue weighted by Gasteiger charge is 2.35. The number of nitrogens with zero attached hydrogens (tertiary/aromatic N) is 1. The number of sulfonamides is 1. The normalized spacial score (nSPS) is 19.3. The highest BCUT2D eigenvalue weighted by atomic mass is 32.2. The molecule has 0 spiro atoms. The Hall–Kier alpha value is -1.39. The number of rotatable bonds is 3. The number of aliphatic hydroxyl groups excluding tert-OH is 1. The fourth-order valence-electron chi connectivity index (χ4n) is 2.55. The van der Waals surface area contributed by atoms with Gasteiger partial charge in [-0.05, 0) is 37.5 Å². The molecule has 2 rings (SSSR count). The molecular weight excluding hydrogens is 288 g/mol. The monoisotopic (exact) mass is 308 g/mol. The summed E-state index contributed by atoms with van der Waals surface area (Å²) in [5, 5.41) is 9.35. The van der Waals surface area contributed by atoms with Gasteiger partial charge in [-0.2, -0.15) is 4.31 Å². The quantitative estimate of drug-likeness (QED) is 0.794. The van der Waals surface area contributed by atoms with E-state index in [1.165, 1.54) is 4.31 Å². The van der Waals surface area contributed by atoms with E-state index in [1.54, 1.807) is 18.2 Å². The van der Waals surface area contributed by atoms with E-state index in [4.69, 9.17) is 5.73 Å². The van der Waals surface area contributed by atoms with Gasteiger partial charge >= 0.3 is 0 Å². The van der Waals surface area contributed by atoms with E-state index in [9.17, 15) is 13.5 Å². The Bertz CT molecular complexity index is 674. The predicted octanol–water partition coefficient (Wildman–Crippen LogP) is 0.451. The Balaban J connectivity index is 2.49. The molecule has 1 aromatic rings. The summed E-state index contributed by atoms with van der Waals surface area (Å²) < 4.78 is 27.0. The van der Waals surface area contributed by atoms with Gasteiger partial charge in [0.15, 0.2) is 0 Å². The van der Waals surface area contributed by atoms with E-state index in [-0.39, 0.29) is 24.1 Å². The summed E-state index contributed by atoms with van der Waals surface area (Å²) in [6.07, 6.45) is 1.45. The number of hydrogen-bond acceptors (Lipinski definition) is 4. The molecule has 0 radical (unpaired) electrons. The topological polar surface area (TPSA) is 83.6 Å². The molecule has 0 bridgehead atoms. The molecule has 1 saturated heterocycles. The molecule has 1 fully saturated rings. The second kappa shape index (κ2) is 6.58. The Labute approximate surface area is 125 Å². The molecule has 1 aromatic carbocycles. The number of aliphatic hydroxyl groups is 1. The molecule has 0 aromatic heterocycles. The fraction of sp³-hybridized carbons (Fsp3) is 0.467. The third kappa shape index (κ3) is 3.27. The molecule has 1 heterocycles. The van der Waals surface area contributed by atoms with Gasteiger partial charge in [-0.3, -0.25) is 0 Å². The van der Waals surface area contributed by atoms with Gasteiger partial charge in [0, 0.05) is 18.2 Å². The number of aryl methyl sites for hydroxylation is 1. The van der Waals surface area contributed by atoms with Crippen LogP contribution in [0.2, 0.25) is 0 Å². The third-order valence-corrected chi connectivity index (χ3v) is 5.59. The van der Waals surface area contributed by atoms with E-state index in [1.807, 2.05) is 6.92 Å². The SMILES string of the molecule is Cc1ccc(S(=O)(=O)N2CCCC2CO)c(C#CCN)c1. The van der Waals surface area contributed by atoms with Gasteiger partial charge in [0.25, 0.3) is 0 Å². The van der Waals surface area contributed by atoms with Crippen molar-refractivity contribution in [1.82, 2.24) is 4.31 Å². The fourth-order valence-corrected chi connectivity index (χ4v) is 4.36. The Morgan fingerprint density at radius 2 is 2.24 bits per heavy atom. The van der Waals surface area contributed by atoms with Crippen molar-refractivity contribution in [3.05, 3.63) is 29.3 Å². The lowest BCUT2D eigenvalue weighted by Crippen LogP contribution is -2.37. The zero-order valence-electron chi connectivity index (χ0n) is 12.0. The summed E-state index contributed by atoms with van der Waals surface area (Å²) in [7, 11) is -3.65. The lowest BCUT2D eigenvalue weighted by molar-refractivity contribution is 0.213. The van der Waals surface area contributed by atoms with Gasteiger partial charge in [0.2, 0.25) is 10.0 Å². The first-order valence-electron chi connectivity index (χ1n) is 6.93. The summed E-state index contributed by atoms with van der Waals surface area (Å²) in [4.78, 5) is 0.189. The van der Waals surface area contributed by atoms with Crippen molar-refractivity contribution < 1.29 is 13.5 Å². The molecule has 0 amide bonds.